The summed E-state index contributed by atoms with van der Waals surface area (Å²) in [5, 5.41) is 6.21. The summed E-state index contributed by atoms with van der Waals surface area (Å²) in [6, 6.07) is 7.76. The van der Waals surface area contributed by atoms with Gasteiger partial charge in [0.2, 0.25) is 5.91 Å². The molecular weight excluding hydrogens is 244 g/mol. The number of benzene rings is 1. The minimum Gasteiger partial charge on any atom is -0.497 e. The molecule has 1 aliphatic heterocycles. The topological polar surface area (TPSA) is 59.6 Å². The predicted molar refractivity (Wildman–Crippen MR) is 72.3 cm³/mol. The Kier molecular flexibility index (Phi) is 5.18. The first-order chi connectivity index (χ1) is 9.28. The maximum Gasteiger partial charge on any atom is 0.224 e. The van der Waals surface area contributed by atoms with Gasteiger partial charge < -0.3 is 20.1 Å². The van der Waals surface area contributed by atoms with Crippen molar-refractivity contribution < 1.29 is 14.3 Å². The van der Waals surface area contributed by atoms with Gasteiger partial charge in [0.15, 0.2) is 0 Å². The zero-order valence-corrected chi connectivity index (χ0v) is 11.1. The number of nitrogens with one attached hydrogen (secondary N) is 2. The Morgan fingerprint density at radius 3 is 3.21 bits per heavy atom. The van der Waals surface area contributed by atoms with Crippen LogP contribution in [0, 0.1) is 0 Å². The van der Waals surface area contributed by atoms with Gasteiger partial charge in [-0.3, -0.25) is 4.79 Å². The molecule has 2 rings (SSSR count). The number of carbonyl (C=O) groups is 1. The van der Waals surface area contributed by atoms with Crippen molar-refractivity contribution in [2.45, 2.75) is 12.5 Å². The first kappa shape index (κ1) is 13.8. The van der Waals surface area contributed by atoms with E-state index >= 15 is 0 Å². The van der Waals surface area contributed by atoms with Crippen molar-refractivity contribution in [3.63, 3.8) is 0 Å². The summed E-state index contributed by atoms with van der Waals surface area (Å²) in [7, 11) is 1.62. The van der Waals surface area contributed by atoms with E-state index in [1.54, 1.807) is 7.11 Å². The van der Waals surface area contributed by atoms with Crippen LogP contribution in [0.15, 0.2) is 24.3 Å². The van der Waals surface area contributed by atoms with Crippen LogP contribution in [0.4, 0.5) is 0 Å². The minimum atomic E-state index is 0.0145. The number of ether oxygens (including phenoxy) is 2. The second-order valence-electron chi connectivity index (χ2n) is 4.56. The molecule has 1 saturated heterocycles. The van der Waals surface area contributed by atoms with E-state index in [0.717, 1.165) is 24.5 Å². The molecule has 0 saturated carbocycles. The lowest BCUT2D eigenvalue weighted by atomic mass is 10.1. The Morgan fingerprint density at radius 1 is 1.58 bits per heavy atom. The SMILES string of the molecule is COc1cccc(CC(=O)NCC2COCCN2)c1. The molecule has 1 fully saturated rings. The Bertz CT molecular complexity index is 417. The van der Waals surface area contributed by atoms with Gasteiger partial charge in [-0.1, -0.05) is 12.1 Å². The lowest BCUT2D eigenvalue weighted by Gasteiger charge is -2.23. The van der Waals surface area contributed by atoms with Gasteiger partial charge in [0.25, 0.3) is 0 Å². The van der Waals surface area contributed by atoms with Gasteiger partial charge >= 0.3 is 0 Å². The van der Waals surface area contributed by atoms with Gasteiger partial charge in [-0.2, -0.15) is 0 Å². The van der Waals surface area contributed by atoms with E-state index in [-0.39, 0.29) is 11.9 Å². The second-order valence-corrected chi connectivity index (χ2v) is 4.56. The van der Waals surface area contributed by atoms with E-state index in [0.29, 0.717) is 19.6 Å². The summed E-state index contributed by atoms with van der Waals surface area (Å²) in [6.45, 7) is 2.84. The quantitative estimate of drug-likeness (QED) is 0.805. The molecule has 1 aromatic carbocycles. The first-order valence-electron chi connectivity index (χ1n) is 6.48. The van der Waals surface area contributed by atoms with E-state index in [4.69, 9.17) is 9.47 Å². The number of carbonyl (C=O) groups excluding carboxylic acids is 1. The van der Waals surface area contributed by atoms with Crippen LogP contribution in [0.2, 0.25) is 0 Å². The van der Waals surface area contributed by atoms with Crippen molar-refractivity contribution in [2.75, 3.05) is 33.4 Å². The Balaban J connectivity index is 1.76. The van der Waals surface area contributed by atoms with Crippen LogP contribution in [-0.2, 0) is 16.0 Å². The highest BCUT2D eigenvalue weighted by molar-refractivity contribution is 5.78. The zero-order chi connectivity index (χ0) is 13.5. The second kappa shape index (κ2) is 7.11. The van der Waals surface area contributed by atoms with Crippen molar-refractivity contribution in [1.82, 2.24) is 10.6 Å². The molecule has 0 aliphatic carbocycles. The average Bonchev–Trinajstić information content (AvgIpc) is 2.46. The van der Waals surface area contributed by atoms with Gasteiger partial charge in [-0.05, 0) is 17.7 Å². The Labute approximate surface area is 113 Å². The molecule has 1 aromatic rings. The summed E-state index contributed by atoms with van der Waals surface area (Å²) < 4.78 is 10.5. The fraction of sp³-hybridized carbons (Fsp3) is 0.500. The van der Waals surface area contributed by atoms with Crippen molar-refractivity contribution in [2.24, 2.45) is 0 Å². The molecule has 0 bridgehead atoms. The van der Waals surface area contributed by atoms with Gasteiger partial charge in [0.05, 0.1) is 26.7 Å². The molecular formula is C14H20N2O3. The van der Waals surface area contributed by atoms with Crippen LogP contribution in [0.1, 0.15) is 5.56 Å². The highest BCUT2D eigenvalue weighted by Gasteiger charge is 2.13. The van der Waals surface area contributed by atoms with E-state index < -0.39 is 0 Å². The number of morpholine rings is 1. The molecule has 0 aromatic heterocycles. The first-order valence-corrected chi connectivity index (χ1v) is 6.48. The van der Waals surface area contributed by atoms with Gasteiger partial charge in [0.1, 0.15) is 5.75 Å². The van der Waals surface area contributed by atoms with Crippen LogP contribution < -0.4 is 15.4 Å². The van der Waals surface area contributed by atoms with Crippen LogP contribution in [0.3, 0.4) is 0 Å². The van der Waals surface area contributed by atoms with Crippen molar-refractivity contribution in [3.05, 3.63) is 29.8 Å². The lowest BCUT2D eigenvalue weighted by Crippen LogP contribution is -2.48. The Morgan fingerprint density at radius 2 is 2.47 bits per heavy atom. The van der Waals surface area contributed by atoms with E-state index in [9.17, 15) is 4.79 Å². The summed E-state index contributed by atoms with van der Waals surface area (Å²) in [5.41, 5.74) is 0.949. The molecule has 0 radical (unpaired) electrons. The molecule has 1 aliphatic rings. The number of rotatable bonds is 5. The Hall–Kier alpha value is -1.59. The van der Waals surface area contributed by atoms with Crippen LogP contribution >= 0.6 is 0 Å². The molecule has 104 valence electrons. The standard InChI is InChI=1S/C14H20N2O3/c1-18-13-4-2-3-11(7-13)8-14(17)16-9-12-10-19-6-5-15-12/h2-4,7,12,15H,5-6,8-10H2,1H3,(H,16,17). The fourth-order valence-electron chi connectivity index (χ4n) is 2.02. The molecule has 1 atom stereocenters. The maximum absolute atomic E-state index is 11.8. The summed E-state index contributed by atoms with van der Waals surface area (Å²) >= 11 is 0. The summed E-state index contributed by atoms with van der Waals surface area (Å²) in [6.07, 6.45) is 0.366. The number of methoxy groups -OCH3 is 1. The van der Waals surface area contributed by atoms with E-state index in [1.807, 2.05) is 24.3 Å². The molecule has 5 nitrogen and oxygen atoms in total. The molecule has 1 heterocycles. The molecule has 1 unspecified atom stereocenters. The molecule has 2 N–H and O–H groups in total. The van der Waals surface area contributed by atoms with Gasteiger partial charge in [0, 0.05) is 19.1 Å². The average molecular weight is 264 g/mol. The van der Waals surface area contributed by atoms with Crippen LogP contribution in [-0.4, -0.2) is 45.4 Å². The predicted octanol–water partition coefficient (Wildman–Crippen LogP) is 0.342. The smallest absolute Gasteiger partial charge is 0.224 e. The molecule has 19 heavy (non-hydrogen) atoms. The monoisotopic (exact) mass is 264 g/mol. The maximum atomic E-state index is 11.8. The lowest BCUT2D eigenvalue weighted by molar-refractivity contribution is -0.120. The van der Waals surface area contributed by atoms with E-state index in [1.165, 1.54) is 0 Å². The normalized spacial score (nSPS) is 18.9. The van der Waals surface area contributed by atoms with Crippen molar-refractivity contribution >= 4 is 5.91 Å². The molecule has 0 spiro atoms. The summed E-state index contributed by atoms with van der Waals surface area (Å²) in [4.78, 5) is 11.8. The minimum absolute atomic E-state index is 0.0145. The molecule has 5 heteroatoms. The number of amides is 1. The summed E-state index contributed by atoms with van der Waals surface area (Å²) in [5.74, 6) is 0.785. The van der Waals surface area contributed by atoms with Crippen LogP contribution in [0.25, 0.3) is 0 Å². The third kappa shape index (κ3) is 4.54. The highest BCUT2D eigenvalue weighted by Crippen LogP contribution is 2.12. The number of hydrogen-bond acceptors (Lipinski definition) is 4. The van der Waals surface area contributed by atoms with E-state index in [2.05, 4.69) is 10.6 Å². The largest absolute Gasteiger partial charge is 0.497 e. The third-order valence-corrected chi connectivity index (χ3v) is 3.04. The highest BCUT2D eigenvalue weighted by atomic mass is 16.5. The zero-order valence-electron chi connectivity index (χ0n) is 11.1. The van der Waals surface area contributed by atoms with Gasteiger partial charge in [-0.15, -0.1) is 0 Å². The van der Waals surface area contributed by atoms with Gasteiger partial charge in [-0.25, -0.2) is 0 Å². The van der Waals surface area contributed by atoms with Crippen LogP contribution in [0.5, 0.6) is 5.75 Å². The third-order valence-electron chi connectivity index (χ3n) is 3.04. The van der Waals surface area contributed by atoms with Crippen molar-refractivity contribution in [1.29, 1.82) is 0 Å². The number of hydrogen-bond donors (Lipinski definition) is 2. The molecule has 1 amide bonds. The fourth-order valence-corrected chi connectivity index (χ4v) is 2.02. The van der Waals surface area contributed by atoms with Crippen molar-refractivity contribution in [3.8, 4) is 5.75 Å².